The molecule has 0 unspecified atom stereocenters. The SMILES string of the molecule is O=C(Nc1ncc(-c2ccccc2)s1)c1nnn(-c2cccc(F)c2)c1C(F)(F)F. The Hall–Kier alpha value is -3.60. The minimum Gasteiger partial charge on any atom is -0.296 e. The summed E-state index contributed by atoms with van der Waals surface area (Å²) in [7, 11) is 0. The minimum atomic E-state index is -4.96. The van der Waals surface area contributed by atoms with Gasteiger partial charge in [-0.1, -0.05) is 52.9 Å². The number of nitrogens with zero attached hydrogens (tertiary/aromatic N) is 4. The molecule has 1 amide bonds. The van der Waals surface area contributed by atoms with E-state index in [-0.39, 0.29) is 10.8 Å². The van der Waals surface area contributed by atoms with Gasteiger partial charge in [-0.2, -0.15) is 13.2 Å². The molecule has 0 atom stereocenters. The van der Waals surface area contributed by atoms with Crippen LogP contribution in [0.25, 0.3) is 16.1 Å². The summed E-state index contributed by atoms with van der Waals surface area (Å²) in [5, 5.41) is 9.22. The van der Waals surface area contributed by atoms with Gasteiger partial charge in [-0.05, 0) is 23.8 Å². The molecule has 0 fully saturated rings. The Kier molecular flexibility index (Phi) is 5.04. The fraction of sp³-hybridized carbons (Fsp3) is 0.0526. The lowest BCUT2D eigenvalue weighted by Crippen LogP contribution is -2.21. The predicted octanol–water partition coefficient (Wildman–Crippen LogP) is 4.80. The normalized spacial score (nSPS) is 11.5. The molecule has 30 heavy (non-hydrogen) atoms. The second-order valence-electron chi connectivity index (χ2n) is 6.03. The molecule has 2 heterocycles. The molecule has 6 nitrogen and oxygen atoms in total. The first-order chi connectivity index (χ1) is 14.3. The largest absolute Gasteiger partial charge is 0.435 e. The summed E-state index contributed by atoms with van der Waals surface area (Å²) in [6, 6.07) is 13.6. The average Bonchev–Trinajstić information content (AvgIpc) is 3.36. The smallest absolute Gasteiger partial charge is 0.296 e. The summed E-state index contributed by atoms with van der Waals surface area (Å²) < 4.78 is 54.8. The van der Waals surface area contributed by atoms with E-state index in [1.165, 1.54) is 18.3 Å². The Bertz CT molecular complexity index is 1200. The van der Waals surface area contributed by atoms with Crippen molar-refractivity contribution < 1.29 is 22.4 Å². The summed E-state index contributed by atoms with van der Waals surface area (Å²) >= 11 is 1.10. The van der Waals surface area contributed by atoms with Gasteiger partial charge < -0.3 is 0 Å². The van der Waals surface area contributed by atoms with Crippen LogP contribution in [-0.2, 0) is 6.18 Å². The summed E-state index contributed by atoms with van der Waals surface area (Å²) in [5.41, 5.74) is -1.72. The third-order valence-corrected chi connectivity index (χ3v) is 4.95. The molecule has 11 heteroatoms. The predicted molar refractivity (Wildman–Crippen MR) is 102 cm³/mol. The van der Waals surface area contributed by atoms with E-state index in [9.17, 15) is 22.4 Å². The molecule has 0 aliphatic carbocycles. The molecule has 1 N–H and O–H groups in total. The van der Waals surface area contributed by atoms with Crippen LogP contribution in [0.15, 0.2) is 60.8 Å². The minimum absolute atomic E-state index is 0.104. The Morgan fingerprint density at radius 1 is 1.07 bits per heavy atom. The number of hydrogen-bond acceptors (Lipinski definition) is 5. The number of amides is 1. The van der Waals surface area contributed by atoms with Gasteiger partial charge in [0, 0.05) is 6.20 Å². The number of carbonyl (C=O) groups excluding carboxylic acids is 1. The van der Waals surface area contributed by atoms with Gasteiger partial charge in [0.1, 0.15) is 5.82 Å². The van der Waals surface area contributed by atoms with Gasteiger partial charge in [-0.25, -0.2) is 14.1 Å². The van der Waals surface area contributed by atoms with Crippen molar-refractivity contribution in [1.82, 2.24) is 20.0 Å². The number of anilines is 1. The third-order valence-electron chi connectivity index (χ3n) is 3.99. The van der Waals surface area contributed by atoms with E-state index in [1.807, 2.05) is 30.3 Å². The van der Waals surface area contributed by atoms with Crippen LogP contribution < -0.4 is 5.32 Å². The van der Waals surface area contributed by atoms with E-state index in [2.05, 4.69) is 20.6 Å². The summed E-state index contributed by atoms with van der Waals surface area (Å²) in [4.78, 5) is 17.3. The van der Waals surface area contributed by atoms with Crippen molar-refractivity contribution >= 4 is 22.4 Å². The maximum atomic E-state index is 13.7. The van der Waals surface area contributed by atoms with Crippen LogP contribution in [0.2, 0.25) is 0 Å². The quantitative estimate of drug-likeness (QED) is 0.469. The lowest BCUT2D eigenvalue weighted by molar-refractivity contribution is -0.143. The van der Waals surface area contributed by atoms with Crippen LogP contribution in [0.1, 0.15) is 16.2 Å². The zero-order valence-corrected chi connectivity index (χ0v) is 15.7. The molecular weight excluding hydrogens is 422 g/mol. The summed E-state index contributed by atoms with van der Waals surface area (Å²) in [5.74, 6) is -1.88. The van der Waals surface area contributed by atoms with Crippen LogP contribution >= 0.6 is 11.3 Å². The van der Waals surface area contributed by atoms with E-state index in [0.717, 1.165) is 33.9 Å². The Labute approximate surface area is 170 Å². The Morgan fingerprint density at radius 2 is 1.83 bits per heavy atom. The van der Waals surface area contributed by atoms with Crippen LogP contribution in [0, 0.1) is 5.82 Å². The maximum absolute atomic E-state index is 13.7. The Balaban J connectivity index is 1.66. The molecule has 152 valence electrons. The monoisotopic (exact) mass is 433 g/mol. The molecule has 0 aliphatic heterocycles. The molecule has 2 aromatic carbocycles. The highest BCUT2D eigenvalue weighted by atomic mass is 32.1. The topological polar surface area (TPSA) is 72.7 Å². The van der Waals surface area contributed by atoms with Gasteiger partial charge in [-0.3, -0.25) is 10.1 Å². The highest BCUT2D eigenvalue weighted by Gasteiger charge is 2.42. The maximum Gasteiger partial charge on any atom is 0.435 e. The van der Waals surface area contributed by atoms with E-state index < -0.39 is 29.3 Å². The fourth-order valence-corrected chi connectivity index (χ4v) is 3.52. The molecular formula is C19H11F4N5OS. The summed E-state index contributed by atoms with van der Waals surface area (Å²) in [6.45, 7) is 0. The average molecular weight is 433 g/mol. The van der Waals surface area contributed by atoms with Gasteiger partial charge in [0.15, 0.2) is 16.5 Å². The molecule has 0 saturated carbocycles. The molecule has 0 bridgehead atoms. The van der Waals surface area contributed by atoms with Crippen molar-refractivity contribution in [3.8, 4) is 16.1 Å². The number of hydrogen-bond donors (Lipinski definition) is 1. The molecule has 0 aliphatic rings. The van der Waals surface area contributed by atoms with Crippen LogP contribution in [0.3, 0.4) is 0 Å². The van der Waals surface area contributed by atoms with Gasteiger partial charge in [0.2, 0.25) is 0 Å². The van der Waals surface area contributed by atoms with E-state index in [0.29, 0.717) is 4.68 Å². The summed E-state index contributed by atoms with van der Waals surface area (Å²) in [6.07, 6.45) is -3.45. The second kappa shape index (κ2) is 7.67. The van der Waals surface area contributed by atoms with Gasteiger partial charge >= 0.3 is 6.18 Å². The first-order valence-corrected chi connectivity index (χ1v) is 9.26. The molecule has 2 aromatic heterocycles. The fourth-order valence-electron chi connectivity index (χ4n) is 2.70. The highest BCUT2D eigenvalue weighted by molar-refractivity contribution is 7.19. The molecule has 0 radical (unpaired) electrons. The number of aromatic nitrogens is 4. The van der Waals surface area contributed by atoms with Gasteiger partial charge in [-0.15, -0.1) is 5.10 Å². The van der Waals surface area contributed by atoms with Crippen molar-refractivity contribution in [2.75, 3.05) is 5.32 Å². The molecule has 0 spiro atoms. The Morgan fingerprint density at radius 3 is 2.53 bits per heavy atom. The highest BCUT2D eigenvalue weighted by Crippen LogP contribution is 2.34. The van der Waals surface area contributed by atoms with Crippen molar-refractivity contribution in [2.45, 2.75) is 6.18 Å². The zero-order valence-electron chi connectivity index (χ0n) is 14.9. The van der Waals surface area contributed by atoms with E-state index >= 15 is 0 Å². The van der Waals surface area contributed by atoms with Crippen molar-refractivity contribution in [3.05, 3.63) is 78.0 Å². The molecule has 0 saturated heterocycles. The van der Waals surface area contributed by atoms with Crippen molar-refractivity contribution in [3.63, 3.8) is 0 Å². The molecule has 4 rings (SSSR count). The lowest BCUT2D eigenvalue weighted by Gasteiger charge is -2.11. The van der Waals surface area contributed by atoms with Gasteiger partial charge in [0.05, 0.1) is 10.6 Å². The number of carbonyl (C=O) groups is 1. The first kappa shape index (κ1) is 19.7. The van der Waals surface area contributed by atoms with Crippen molar-refractivity contribution in [2.24, 2.45) is 0 Å². The van der Waals surface area contributed by atoms with E-state index in [1.54, 1.807) is 0 Å². The zero-order chi connectivity index (χ0) is 21.3. The van der Waals surface area contributed by atoms with Crippen LogP contribution in [0.4, 0.5) is 22.7 Å². The molecule has 4 aromatic rings. The van der Waals surface area contributed by atoms with E-state index in [4.69, 9.17) is 0 Å². The van der Waals surface area contributed by atoms with Gasteiger partial charge in [0.25, 0.3) is 5.91 Å². The number of alkyl halides is 3. The standard InChI is InChI=1S/C19H11F4N5OS/c20-12-7-4-8-13(9-12)28-16(19(21,22)23)15(26-27-28)17(29)25-18-24-10-14(30-18)11-5-2-1-3-6-11/h1-10H,(H,24,25,29). The van der Waals surface area contributed by atoms with Crippen molar-refractivity contribution in [1.29, 1.82) is 0 Å². The second-order valence-corrected chi connectivity index (χ2v) is 7.06. The van der Waals surface area contributed by atoms with Crippen LogP contribution in [0.5, 0.6) is 0 Å². The number of nitrogens with one attached hydrogen (secondary N) is 1. The van der Waals surface area contributed by atoms with Crippen LogP contribution in [-0.4, -0.2) is 25.9 Å². The third kappa shape index (κ3) is 3.92. The first-order valence-electron chi connectivity index (χ1n) is 8.44. The number of benzene rings is 2. The number of thiazole rings is 1. The number of rotatable bonds is 4. The lowest BCUT2D eigenvalue weighted by atomic mass is 10.2. The number of halogens is 4.